The third kappa shape index (κ3) is 1.36. The second kappa shape index (κ2) is 3.12. The van der Waals surface area contributed by atoms with E-state index in [1.54, 1.807) is 0 Å². The van der Waals surface area contributed by atoms with Crippen molar-refractivity contribution in [3.63, 3.8) is 0 Å². The monoisotopic (exact) mass is 146 g/mol. The lowest BCUT2D eigenvalue weighted by Crippen LogP contribution is -2.16. The summed E-state index contributed by atoms with van der Waals surface area (Å²) in [4.78, 5) is 0. The molecule has 3 heteroatoms. The molecule has 0 saturated heterocycles. The summed E-state index contributed by atoms with van der Waals surface area (Å²) in [6, 6.07) is 0. The molecule has 0 aromatic heterocycles. The molecule has 1 aliphatic carbocycles. The fourth-order valence-electron chi connectivity index (χ4n) is 1.27. The van der Waals surface area contributed by atoms with E-state index in [1.165, 1.54) is 0 Å². The fourth-order valence-corrected chi connectivity index (χ4v) is 1.27. The quantitative estimate of drug-likeness (QED) is 0.568. The van der Waals surface area contributed by atoms with Crippen LogP contribution in [0.1, 0.15) is 12.8 Å². The molecule has 0 heterocycles. The molecule has 1 rings (SSSR count). The van der Waals surface area contributed by atoms with Gasteiger partial charge in [-0.1, -0.05) is 0 Å². The molecule has 0 aromatic carbocycles. The molecule has 0 amide bonds. The lowest BCUT2D eigenvalue weighted by atomic mass is 10.1. The van der Waals surface area contributed by atoms with E-state index in [0.29, 0.717) is 24.7 Å². The fraction of sp³-hybridized carbons (Fsp3) is 0.714. The molecule has 1 saturated carbocycles. The van der Waals surface area contributed by atoms with Crippen molar-refractivity contribution < 1.29 is 14.6 Å². The van der Waals surface area contributed by atoms with Crippen LogP contribution in [-0.2, 0) is 0 Å². The van der Waals surface area contributed by atoms with Gasteiger partial charge in [0.1, 0.15) is 0 Å². The van der Waals surface area contributed by atoms with Gasteiger partial charge >= 0.3 is 0 Å². The van der Waals surface area contributed by atoms with Gasteiger partial charge in [0.2, 0.25) is 0 Å². The molecule has 0 spiro atoms. The lowest BCUT2D eigenvalue weighted by molar-refractivity contribution is 0.0910. The predicted octanol–water partition coefficient (Wildman–Crippen LogP) is 0.603. The second-order valence-electron chi connectivity index (χ2n) is 2.69. The molecule has 0 aromatic rings. The second-order valence-corrected chi connectivity index (χ2v) is 2.69. The minimum atomic E-state index is -0.549. The van der Waals surface area contributed by atoms with Crippen LogP contribution in [0.2, 0.25) is 0 Å². The average Bonchev–Trinajstić information content (AvgIpc) is 2.30. The summed E-state index contributed by atoms with van der Waals surface area (Å²) in [7, 11) is 0. The van der Waals surface area contributed by atoms with Gasteiger partial charge in [0, 0.05) is 12.5 Å². The molecule has 10 heavy (non-hydrogen) atoms. The first-order valence-electron chi connectivity index (χ1n) is 3.35. The molecule has 58 valence electrons. The Morgan fingerprint density at radius 3 is 2.60 bits per heavy atom. The topological polar surface area (TPSA) is 40.5 Å². The van der Waals surface area contributed by atoms with E-state index in [0.717, 1.165) is 0 Å². The van der Waals surface area contributed by atoms with Crippen LogP contribution in [0.15, 0.2) is 11.9 Å². The Morgan fingerprint density at radius 2 is 2.30 bits per heavy atom. The third-order valence-corrected chi connectivity index (χ3v) is 1.93. The van der Waals surface area contributed by atoms with Crippen LogP contribution in [0.5, 0.6) is 0 Å². The van der Waals surface area contributed by atoms with Crippen molar-refractivity contribution in [1.82, 2.24) is 0 Å². The van der Waals surface area contributed by atoms with Crippen molar-refractivity contribution in [2.45, 2.75) is 18.9 Å². The van der Waals surface area contributed by atoms with Gasteiger partial charge in [0.15, 0.2) is 0 Å². The summed E-state index contributed by atoms with van der Waals surface area (Å²) in [6.07, 6.45) is 0.849. The summed E-state index contributed by atoms with van der Waals surface area (Å²) >= 11 is 0. The molecular formula is C7H11FO2. The number of rotatable bonds is 1. The summed E-state index contributed by atoms with van der Waals surface area (Å²) in [5, 5.41) is 17.8. The van der Waals surface area contributed by atoms with Gasteiger partial charge in [-0.2, -0.15) is 0 Å². The normalized spacial score (nSPS) is 37.3. The van der Waals surface area contributed by atoms with E-state index in [-0.39, 0.29) is 12.5 Å². The van der Waals surface area contributed by atoms with Crippen molar-refractivity contribution in [1.29, 1.82) is 0 Å². The lowest BCUT2D eigenvalue weighted by Gasteiger charge is -2.07. The summed E-state index contributed by atoms with van der Waals surface area (Å²) in [5.41, 5.74) is 0.603. The maximum atomic E-state index is 11.8. The molecule has 1 fully saturated rings. The number of halogens is 1. The van der Waals surface area contributed by atoms with E-state index < -0.39 is 6.10 Å². The molecule has 2 atom stereocenters. The zero-order chi connectivity index (χ0) is 7.56. The molecule has 2 unspecified atom stereocenters. The van der Waals surface area contributed by atoms with Crippen molar-refractivity contribution >= 4 is 0 Å². The van der Waals surface area contributed by atoms with Crippen molar-refractivity contribution in [2.75, 3.05) is 6.61 Å². The van der Waals surface area contributed by atoms with Gasteiger partial charge in [-0.05, 0) is 18.4 Å². The molecule has 0 radical (unpaired) electrons. The van der Waals surface area contributed by atoms with Gasteiger partial charge in [-0.3, -0.25) is 0 Å². The number of hydrogen-bond acceptors (Lipinski definition) is 2. The number of hydrogen-bond donors (Lipinski definition) is 2. The van der Waals surface area contributed by atoms with Crippen LogP contribution in [0.4, 0.5) is 4.39 Å². The van der Waals surface area contributed by atoms with Crippen LogP contribution < -0.4 is 0 Å². The van der Waals surface area contributed by atoms with Crippen molar-refractivity contribution in [3.05, 3.63) is 11.9 Å². The van der Waals surface area contributed by atoms with E-state index in [9.17, 15) is 4.39 Å². The van der Waals surface area contributed by atoms with Crippen molar-refractivity contribution in [3.8, 4) is 0 Å². The summed E-state index contributed by atoms with van der Waals surface area (Å²) in [5.74, 6) is -0.151. The van der Waals surface area contributed by atoms with E-state index in [2.05, 4.69) is 0 Å². The Hall–Kier alpha value is -0.410. The van der Waals surface area contributed by atoms with Crippen LogP contribution in [0, 0.1) is 5.92 Å². The Balaban J connectivity index is 2.52. The third-order valence-electron chi connectivity index (χ3n) is 1.93. The van der Waals surface area contributed by atoms with E-state index in [4.69, 9.17) is 10.2 Å². The van der Waals surface area contributed by atoms with E-state index in [1.807, 2.05) is 0 Å². The van der Waals surface area contributed by atoms with Crippen LogP contribution in [-0.4, -0.2) is 22.9 Å². The highest BCUT2D eigenvalue weighted by atomic mass is 19.1. The minimum Gasteiger partial charge on any atom is -0.396 e. The van der Waals surface area contributed by atoms with E-state index >= 15 is 0 Å². The van der Waals surface area contributed by atoms with Gasteiger partial charge in [-0.25, -0.2) is 4.39 Å². The Bertz CT molecular complexity index is 145. The zero-order valence-electron chi connectivity index (χ0n) is 5.63. The number of aliphatic hydroxyl groups excluding tert-OH is 2. The smallest absolute Gasteiger partial charge is 0.0860 e. The highest BCUT2D eigenvalue weighted by molar-refractivity contribution is 5.08. The molecule has 1 aliphatic rings. The first kappa shape index (κ1) is 7.69. The molecule has 2 N–H and O–H groups in total. The molecule has 2 nitrogen and oxygen atoms in total. The van der Waals surface area contributed by atoms with Crippen LogP contribution >= 0.6 is 0 Å². The highest BCUT2D eigenvalue weighted by Crippen LogP contribution is 2.30. The maximum absolute atomic E-state index is 11.8. The largest absolute Gasteiger partial charge is 0.396 e. The van der Waals surface area contributed by atoms with Crippen LogP contribution in [0.25, 0.3) is 0 Å². The maximum Gasteiger partial charge on any atom is 0.0860 e. The standard InChI is InChI=1S/C7H11FO2/c8-3-5-1-6(4-9)7(10)2-5/h3,6-7,9-10H,1-2,4H2/b5-3-. The van der Waals surface area contributed by atoms with Gasteiger partial charge in [0.25, 0.3) is 0 Å². The van der Waals surface area contributed by atoms with Gasteiger partial charge < -0.3 is 10.2 Å². The Morgan fingerprint density at radius 1 is 1.60 bits per heavy atom. The first-order chi connectivity index (χ1) is 4.77. The summed E-state index contributed by atoms with van der Waals surface area (Å²) < 4.78 is 11.8. The van der Waals surface area contributed by atoms with Crippen molar-refractivity contribution in [2.24, 2.45) is 5.92 Å². The first-order valence-corrected chi connectivity index (χ1v) is 3.35. The SMILES string of the molecule is OCC1C/C(=C/F)CC1O. The zero-order valence-corrected chi connectivity index (χ0v) is 5.63. The highest BCUT2D eigenvalue weighted by Gasteiger charge is 2.27. The Kier molecular flexibility index (Phi) is 2.40. The number of aliphatic hydroxyl groups is 2. The van der Waals surface area contributed by atoms with Crippen LogP contribution in [0.3, 0.4) is 0 Å². The predicted molar refractivity (Wildman–Crippen MR) is 35.0 cm³/mol. The summed E-state index contributed by atoms with van der Waals surface area (Å²) in [6.45, 7) is -0.0570. The molecular weight excluding hydrogens is 135 g/mol. The van der Waals surface area contributed by atoms with Gasteiger partial charge in [-0.15, -0.1) is 0 Å². The minimum absolute atomic E-state index is 0.0570. The van der Waals surface area contributed by atoms with Gasteiger partial charge in [0.05, 0.1) is 12.4 Å². The average molecular weight is 146 g/mol. The molecule has 0 aliphatic heterocycles. The Labute approximate surface area is 59.0 Å². The molecule has 0 bridgehead atoms.